The topological polar surface area (TPSA) is 52.6 Å². The smallest absolute Gasteiger partial charge is 0.260 e. The minimum absolute atomic E-state index is 0.00439. The Bertz CT molecular complexity index is 416. The molecule has 92 valence electrons. The highest BCUT2D eigenvalue weighted by Crippen LogP contribution is 2.22. The van der Waals surface area contributed by atoms with Crippen LogP contribution in [0.25, 0.3) is 0 Å². The number of benzene rings is 1. The third-order valence-electron chi connectivity index (χ3n) is 2.97. The van der Waals surface area contributed by atoms with Gasteiger partial charge >= 0.3 is 0 Å². The van der Waals surface area contributed by atoms with Crippen molar-refractivity contribution in [2.45, 2.75) is 13.0 Å². The van der Waals surface area contributed by atoms with Crippen LogP contribution in [0.15, 0.2) is 18.2 Å². The first-order valence-corrected chi connectivity index (χ1v) is 5.60. The monoisotopic (exact) mass is 238 g/mol. The van der Waals surface area contributed by atoms with Crippen LogP contribution >= 0.6 is 0 Å². The first-order valence-electron chi connectivity index (χ1n) is 5.60. The number of rotatable bonds is 1. The van der Waals surface area contributed by atoms with Crippen molar-refractivity contribution >= 4 is 5.91 Å². The lowest BCUT2D eigenvalue weighted by atomic mass is 10.1. The Morgan fingerprint density at radius 2 is 2.35 bits per heavy atom. The summed E-state index contributed by atoms with van der Waals surface area (Å²) in [7, 11) is 0. The van der Waals surface area contributed by atoms with Crippen LogP contribution in [0.3, 0.4) is 0 Å². The molecular formula is C12H15FN2O2. The molecule has 1 amide bonds. The maximum absolute atomic E-state index is 13.6. The number of halogens is 1. The number of phenolic OH excluding ortho intramolecular Hbond substituents is 1. The summed E-state index contributed by atoms with van der Waals surface area (Å²) in [6.45, 7) is 3.78. The van der Waals surface area contributed by atoms with Crippen LogP contribution in [0, 0.1) is 5.82 Å². The fraction of sp³-hybridized carbons (Fsp3) is 0.417. The average Bonchev–Trinajstić information content (AvgIpc) is 2.29. The van der Waals surface area contributed by atoms with Crippen molar-refractivity contribution in [1.29, 1.82) is 0 Å². The number of amides is 1. The molecule has 0 aromatic heterocycles. The zero-order valence-electron chi connectivity index (χ0n) is 9.61. The van der Waals surface area contributed by atoms with E-state index in [4.69, 9.17) is 0 Å². The van der Waals surface area contributed by atoms with E-state index in [9.17, 15) is 14.3 Å². The molecule has 0 spiro atoms. The lowest BCUT2D eigenvalue weighted by Gasteiger charge is -2.34. The number of carbonyl (C=O) groups is 1. The molecule has 1 saturated heterocycles. The number of hydrogen-bond acceptors (Lipinski definition) is 3. The molecule has 0 bridgehead atoms. The maximum atomic E-state index is 13.6. The van der Waals surface area contributed by atoms with E-state index in [2.05, 4.69) is 5.32 Å². The lowest BCUT2D eigenvalue weighted by molar-refractivity contribution is 0.0647. The summed E-state index contributed by atoms with van der Waals surface area (Å²) in [5.74, 6) is -1.43. The molecule has 0 unspecified atom stereocenters. The van der Waals surface area contributed by atoms with Crippen LogP contribution in [-0.4, -0.2) is 41.6 Å². The number of aromatic hydroxyl groups is 1. The molecule has 2 N–H and O–H groups in total. The molecule has 2 rings (SSSR count). The van der Waals surface area contributed by atoms with Gasteiger partial charge in [-0.2, -0.15) is 0 Å². The first-order chi connectivity index (χ1) is 8.11. The Morgan fingerprint density at radius 1 is 1.59 bits per heavy atom. The lowest BCUT2D eigenvalue weighted by Crippen LogP contribution is -2.52. The highest BCUT2D eigenvalue weighted by atomic mass is 19.1. The van der Waals surface area contributed by atoms with Gasteiger partial charge in [0, 0.05) is 25.7 Å². The van der Waals surface area contributed by atoms with E-state index in [0.29, 0.717) is 19.6 Å². The Balaban J connectivity index is 2.30. The van der Waals surface area contributed by atoms with Crippen LogP contribution in [0.4, 0.5) is 4.39 Å². The molecule has 1 atom stereocenters. The summed E-state index contributed by atoms with van der Waals surface area (Å²) < 4.78 is 13.6. The minimum Gasteiger partial charge on any atom is -0.507 e. The molecule has 17 heavy (non-hydrogen) atoms. The van der Waals surface area contributed by atoms with Crippen molar-refractivity contribution in [1.82, 2.24) is 10.2 Å². The van der Waals surface area contributed by atoms with Gasteiger partial charge in [0.05, 0.1) is 0 Å². The van der Waals surface area contributed by atoms with Gasteiger partial charge in [-0.1, -0.05) is 6.07 Å². The fourth-order valence-electron chi connectivity index (χ4n) is 2.01. The zero-order chi connectivity index (χ0) is 12.4. The van der Waals surface area contributed by atoms with Crippen molar-refractivity contribution in [2.75, 3.05) is 19.6 Å². The van der Waals surface area contributed by atoms with Crippen molar-refractivity contribution in [3.05, 3.63) is 29.6 Å². The van der Waals surface area contributed by atoms with Gasteiger partial charge in [-0.15, -0.1) is 0 Å². The van der Waals surface area contributed by atoms with E-state index in [1.807, 2.05) is 6.92 Å². The first kappa shape index (κ1) is 11.9. The maximum Gasteiger partial charge on any atom is 0.260 e. The highest BCUT2D eigenvalue weighted by molar-refractivity contribution is 5.97. The van der Waals surface area contributed by atoms with Crippen LogP contribution in [0.5, 0.6) is 5.75 Å². The second-order valence-corrected chi connectivity index (χ2v) is 4.19. The van der Waals surface area contributed by atoms with E-state index in [1.54, 1.807) is 4.90 Å². The summed E-state index contributed by atoms with van der Waals surface area (Å²) in [6.07, 6.45) is 0. The van der Waals surface area contributed by atoms with Crippen LogP contribution < -0.4 is 5.32 Å². The Labute approximate surface area is 99.0 Å². The third kappa shape index (κ3) is 2.24. The molecule has 1 aromatic carbocycles. The number of hydrogen-bond donors (Lipinski definition) is 2. The molecule has 1 aliphatic heterocycles. The van der Waals surface area contributed by atoms with Gasteiger partial charge in [0.2, 0.25) is 0 Å². The molecular weight excluding hydrogens is 223 g/mol. The molecule has 1 heterocycles. The third-order valence-corrected chi connectivity index (χ3v) is 2.97. The van der Waals surface area contributed by atoms with Crippen molar-refractivity contribution in [2.24, 2.45) is 0 Å². The molecule has 5 heteroatoms. The van der Waals surface area contributed by atoms with Gasteiger partial charge in [0.1, 0.15) is 17.1 Å². The van der Waals surface area contributed by atoms with E-state index >= 15 is 0 Å². The Morgan fingerprint density at radius 3 is 3.00 bits per heavy atom. The Kier molecular flexibility index (Phi) is 3.28. The SMILES string of the molecule is C[C@H]1CNCCN1C(=O)c1c(O)cccc1F. The van der Waals surface area contributed by atoms with Crippen LogP contribution in [0.2, 0.25) is 0 Å². The van der Waals surface area contributed by atoms with Gasteiger partial charge in [0.25, 0.3) is 5.91 Å². The number of phenols is 1. The van der Waals surface area contributed by atoms with E-state index in [-0.39, 0.29) is 17.4 Å². The number of piperazine rings is 1. The summed E-state index contributed by atoms with van der Waals surface area (Å²) >= 11 is 0. The van der Waals surface area contributed by atoms with Gasteiger partial charge < -0.3 is 15.3 Å². The molecule has 0 aliphatic carbocycles. The fourth-order valence-corrected chi connectivity index (χ4v) is 2.01. The quantitative estimate of drug-likeness (QED) is 0.766. The molecule has 0 saturated carbocycles. The van der Waals surface area contributed by atoms with Gasteiger partial charge in [-0.25, -0.2) is 4.39 Å². The van der Waals surface area contributed by atoms with E-state index in [1.165, 1.54) is 18.2 Å². The van der Waals surface area contributed by atoms with Crippen LogP contribution in [0.1, 0.15) is 17.3 Å². The summed E-state index contributed by atoms with van der Waals surface area (Å²) in [4.78, 5) is 13.7. The standard InChI is InChI=1S/C12H15FN2O2/c1-8-7-14-5-6-15(8)12(17)11-9(13)3-2-4-10(11)16/h2-4,8,14,16H,5-7H2,1H3/t8-/m0/s1. The molecule has 1 aromatic rings. The molecule has 1 fully saturated rings. The largest absolute Gasteiger partial charge is 0.507 e. The Hall–Kier alpha value is -1.62. The summed E-state index contributed by atoms with van der Waals surface area (Å²) in [5, 5.41) is 12.7. The van der Waals surface area contributed by atoms with Gasteiger partial charge in [-0.05, 0) is 19.1 Å². The number of nitrogens with zero attached hydrogens (tertiary/aromatic N) is 1. The number of carbonyl (C=O) groups excluding carboxylic acids is 1. The minimum atomic E-state index is -0.680. The number of nitrogens with one attached hydrogen (secondary N) is 1. The van der Waals surface area contributed by atoms with E-state index < -0.39 is 11.7 Å². The molecule has 1 aliphatic rings. The average molecular weight is 238 g/mol. The van der Waals surface area contributed by atoms with Crippen LogP contribution in [-0.2, 0) is 0 Å². The van der Waals surface area contributed by atoms with Gasteiger partial charge in [-0.3, -0.25) is 4.79 Å². The summed E-state index contributed by atoms with van der Waals surface area (Å²) in [5.41, 5.74) is -0.235. The zero-order valence-corrected chi connectivity index (χ0v) is 9.61. The van der Waals surface area contributed by atoms with Crippen molar-refractivity contribution in [3.8, 4) is 5.75 Å². The highest BCUT2D eigenvalue weighted by Gasteiger charge is 2.27. The van der Waals surface area contributed by atoms with Crippen molar-refractivity contribution < 1.29 is 14.3 Å². The molecule has 4 nitrogen and oxygen atoms in total. The predicted molar refractivity (Wildman–Crippen MR) is 61.4 cm³/mol. The second-order valence-electron chi connectivity index (χ2n) is 4.19. The second kappa shape index (κ2) is 4.71. The summed E-state index contributed by atoms with van der Waals surface area (Å²) in [6, 6.07) is 3.88. The van der Waals surface area contributed by atoms with Gasteiger partial charge in [0.15, 0.2) is 0 Å². The normalized spacial score (nSPS) is 20.4. The van der Waals surface area contributed by atoms with E-state index in [0.717, 1.165) is 0 Å². The molecule has 0 radical (unpaired) electrons. The van der Waals surface area contributed by atoms with Crippen molar-refractivity contribution in [3.63, 3.8) is 0 Å². The predicted octanol–water partition coefficient (Wildman–Crippen LogP) is 0.965.